The van der Waals surface area contributed by atoms with Gasteiger partial charge in [-0.1, -0.05) is 22.2 Å². The summed E-state index contributed by atoms with van der Waals surface area (Å²) in [5.41, 5.74) is -2.06. The van der Waals surface area contributed by atoms with Crippen LogP contribution in [0, 0.1) is 17.5 Å². The predicted octanol–water partition coefficient (Wildman–Crippen LogP) is -1.19. The number of aromatic nitrogens is 6. The second kappa shape index (κ2) is 13.8. The van der Waals surface area contributed by atoms with Crippen LogP contribution < -0.4 is 5.32 Å². The molecule has 46 heavy (non-hydrogen) atoms. The Labute approximate surface area is 263 Å². The van der Waals surface area contributed by atoms with Crippen molar-refractivity contribution < 1.29 is 53.3 Å². The smallest absolute Gasteiger partial charge is 0.194 e. The summed E-state index contributed by atoms with van der Waals surface area (Å²) in [5.74, 6) is -4.41. The van der Waals surface area contributed by atoms with E-state index in [-0.39, 0.29) is 17.2 Å². The van der Waals surface area contributed by atoms with Crippen LogP contribution in [0.5, 0.6) is 0 Å². The molecule has 5 heterocycles. The van der Waals surface area contributed by atoms with Gasteiger partial charge in [0, 0.05) is 17.7 Å². The highest BCUT2D eigenvalue weighted by Gasteiger charge is 2.51. The maximum Gasteiger partial charge on any atom is 0.194 e. The Hall–Kier alpha value is -2.72. The maximum absolute atomic E-state index is 13.8. The highest BCUT2D eigenvalue weighted by molar-refractivity contribution is 8.00. The Morgan fingerprint density at radius 1 is 0.783 bits per heavy atom. The largest absolute Gasteiger partial charge is 0.394 e. The van der Waals surface area contributed by atoms with Crippen molar-refractivity contribution >= 4 is 11.8 Å². The van der Waals surface area contributed by atoms with Gasteiger partial charge >= 0.3 is 0 Å². The number of hydrogen-bond acceptors (Lipinski definition) is 14. The molecule has 19 heteroatoms. The quantitative estimate of drug-likeness (QED) is 0.140. The first kappa shape index (κ1) is 33.2. The molecule has 1 aromatic carbocycles. The summed E-state index contributed by atoms with van der Waals surface area (Å²) in [6.07, 6.45) is -3.90. The van der Waals surface area contributed by atoms with Crippen LogP contribution in [-0.4, -0.2) is 134 Å². The van der Waals surface area contributed by atoms with E-state index in [2.05, 4.69) is 25.9 Å². The van der Waals surface area contributed by atoms with Crippen molar-refractivity contribution in [1.29, 1.82) is 0 Å². The summed E-state index contributed by atoms with van der Waals surface area (Å²) in [5, 5.41) is 84.1. The van der Waals surface area contributed by atoms with Crippen LogP contribution in [0.1, 0.15) is 36.5 Å². The summed E-state index contributed by atoms with van der Waals surface area (Å²) in [6.45, 7) is 0.334. The minimum atomic E-state index is -1.66. The molecular weight excluding hydrogens is 639 g/mol. The van der Waals surface area contributed by atoms with E-state index < -0.39 is 90.2 Å². The Kier molecular flexibility index (Phi) is 9.95. The first-order valence-corrected chi connectivity index (χ1v) is 15.6. The number of piperidine rings is 1. The minimum absolute atomic E-state index is 0.0983. The standard InChI is InChI=1S/C27H34F3N7O8S/c28-13-5-12(6-14(29)19(13)30)16-8-37(35-33-16)21-23(41)18(10-39)45-27(25(21)43)46-26-24(42)20(22(40)17(9-38)44-26)36-7-15(32-34-36)11-1-3-31-4-2-11/h5-8,11,17-18,20-27,31,38-43H,1-4,9-10H2/t17-,18?,20?,21+,22?,23+,24-,25?,26?,27+/m1/s1. The third-order valence-electron chi connectivity index (χ3n) is 8.65. The molecular formula is C27H34F3N7O8S. The zero-order valence-electron chi connectivity index (χ0n) is 24.1. The number of hydrogen-bond donors (Lipinski definition) is 7. The summed E-state index contributed by atoms with van der Waals surface area (Å²) >= 11 is 0.779. The lowest BCUT2D eigenvalue weighted by Gasteiger charge is -2.46. The van der Waals surface area contributed by atoms with Gasteiger partial charge in [-0.3, -0.25) is 0 Å². The van der Waals surface area contributed by atoms with Crippen LogP contribution in [-0.2, 0) is 9.47 Å². The van der Waals surface area contributed by atoms with Gasteiger partial charge in [-0.05, 0) is 38.1 Å². The van der Waals surface area contributed by atoms with Gasteiger partial charge in [0.25, 0.3) is 0 Å². The van der Waals surface area contributed by atoms with Gasteiger partial charge in [0.2, 0.25) is 0 Å². The zero-order valence-corrected chi connectivity index (χ0v) is 24.9. The van der Waals surface area contributed by atoms with Crippen LogP contribution >= 0.6 is 11.8 Å². The van der Waals surface area contributed by atoms with Gasteiger partial charge in [0.15, 0.2) is 17.5 Å². The molecule has 3 aliphatic rings. The normalized spacial score (nSPS) is 34.2. The molecule has 6 rings (SSSR count). The molecule has 0 saturated carbocycles. The lowest BCUT2D eigenvalue weighted by atomic mass is 9.94. The average molecular weight is 674 g/mol. The molecule has 0 spiro atoms. The Morgan fingerprint density at radius 2 is 1.30 bits per heavy atom. The number of aliphatic hydroxyl groups excluding tert-OH is 6. The molecule has 3 fully saturated rings. The maximum atomic E-state index is 13.8. The van der Waals surface area contributed by atoms with E-state index in [4.69, 9.17) is 9.47 Å². The summed E-state index contributed by atoms with van der Waals surface area (Å²) in [4.78, 5) is 0. The third kappa shape index (κ3) is 6.28. The van der Waals surface area contributed by atoms with Gasteiger partial charge in [0.1, 0.15) is 65.3 Å². The van der Waals surface area contributed by atoms with E-state index >= 15 is 0 Å². The molecule has 10 atom stereocenters. The average Bonchev–Trinajstić information content (AvgIpc) is 3.74. The fourth-order valence-corrected chi connectivity index (χ4v) is 7.44. The molecule has 3 aromatic rings. The van der Waals surface area contributed by atoms with E-state index in [9.17, 15) is 43.8 Å². The number of aliphatic hydroxyl groups is 6. The van der Waals surface area contributed by atoms with E-state index in [0.717, 1.165) is 42.4 Å². The Morgan fingerprint density at radius 3 is 1.85 bits per heavy atom. The van der Waals surface area contributed by atoms with Crippen molar-refractivity contribution in [3.8, 4) is 11.3 Å². The van der Waals surface area contributed by atoms with Crippen LogP contribution in [0.4, 0.5) is 13.2 Å². The van der Waals surface area contributed by atoms with E-state index in [1.54, 1.807) is 6.20 Å². The molecule has 252 valence electrons. The Balaban J connectivity index is 1.24. The monoisotopic (exact) mass is 673 g/mol. The third-order valence-corrected chi connectivity index (χ3v) is 9.97. The molecule has 0 amide bonds. The SMILES string of the molecule is OCC1O[C@@H](SC2O[C@H](CO)C(O)C(n3cc(C4CCNCC4)nn3)[C@H]2O)C(O)[C@@H](n2cc(-c3cc(F)c(F)c(F)c3)nn2)[C@H]1O. The second-order valence-electron chi connectivity index (χ2n) is 11.5. The number of thioether (sulfide) groups is 1. The van der Waals surface area contributed by atoms with Crippen molar-refractivity contribution in [2.45, 2.75) is 78.3 Å². The first-order valence-electron chi connectivity index (χ1n) is 14.7. The molecule has 5 unspecified atom stereocenters. The Bertz CT molecular complexity index is 1480. The van der Waals surface area contributed by atoms with Crippen molar-refractivity contribution in [3.63, 3.8) is 0 Å². The summed E-state index contributed by atoms with van der Waals surface area (Å²) < 4.78 is 55.1. The van der Waals surface area contributed by atoms with Crippen LogP contribution in [0.15, 0.2) is 24.5 Å². The first-order chi connectivity index (χ1) is 22.1. The highest BCUT2D eigenvalue weighted by atomic mass is 32.2. The number of nitrogens with one attached hydrogen (secondary N) is 1. The molecule has 2 aromatic heterocycles. The number of halogens is 3. The summed E-state index contributed by atoms with van der Waals surface area (Å²) in [6, 6.07) is -0.990. The highest BCUT2D eigenvalue weighted by Crippen LogP contribution is 2.42. The van der Waals surface area contributed by atoms with Gasteiger partial charge in [-0.15, -0.1) is 10.2 Å². The lowest BCUT2D eigenvalue weighted by Crippen LogP contribution is -2.58. The van der Waals surface area contributed by atoms with E-state index in [0.29, 0.717) is 17.8 Å². The number of nitrogens with zero attached hydrogens (tertiary/aromatic N) is 6. The zero-order chi connectivity index (χ0) is 32.7. The summed E-state index contributed by atoms with van der Waals surface area (Å²) in [7, 11) is 0. The van der Waals surface area contributed by atoms with Gasteiger partial charge < -0.3 is 45.4 Å². The van der Waals surface area contributed by atoms with Crippen LogP contribution in [0.2, 0.25) is 0 Å². The predicted molar refractivity (Wildman–Crippen MR) is 151 cm³/mol. The topological polar surface area (TPSA) is 213 Å². The molecule has 0 bridgehead atoms. The molecule has 3 aliphatic heterocycles. The van der Waals surface area contributed by atoms with Crippen LogP contribution in [0.25, 0.3) is 11.3 Å². The number of ether oxygens (including phenoxy) is 2. The van der Waals surface area contributed by atoms with Crippen molar-refractivity contribution in [2.24, 2.45) is 0 Å². The molecule has 0 radical (unpaired) electrons. The van der Waals surface area contributed by atoms with Crippen LogP contribution in [0.3, 0.4) is 0 Å². The minimum Gasteiger partial charge on any atom is -0.394 e. The van der Waals surface area contributed by atoms with Crippen molar-refractivity contribution in [3.05, 3.63) is 47.7 Å². The number of rotatable bonds is 8. The van der Waals surface area contributed by atoms with E-state index in [1.165, 1.54) is 10.9 Å². The van der Waals surface area contributed by atoms with Gasteiger partial charge in [0.05, 0.1) is 25.1 Å². The fraction of sp³-hybridized carbons (Fsp3) is 0.630. The fourth-order valence-electron chi connectivity index (χ4n) is 6.12. The molecule has 7 N–H and O–H groups in total. The molecule has 3 saturated heterocycles. The van der Waals surface area contributed by atoms with Crippen molar-refractivity contribution in [2.75, 3.05) is 26.3 Å². The van der Waals surface area contributed by atoms with Gasteiger partial charge in [-0.2, -0.15) is 0 Å². The number of benzene rings is 1. The lowest BCUT2D eigenvalue weighted by molar-refractivity contribution is -0.189. The molecule has 15 nitrogen and oxygen atoms in total. The second-order valence-corrected chi connectivity index (χ2v) is 12.7. The van der Waals surface area contributed by atoms with Gasteiger partial charge in [-0.25, -0.2) is 22.5 Å². The van der Waals surface area contributed by atoms with E-state index in [1.807, 2.05) is 0 Å². The molecule has 0 aliphatic carbocycles. The van der Waals surface area contributed by atoms with Crippen molar-refractivity contribution in [1.82, 2.24) is 35.3 Å².